The molecule has 1 saturated carbocycles. The Morgan fingerprint density at radius 2 is 2.00 bits per heavy atom. The van der Waals surface area contributed by atoms with Crippen molar-refractivity contribution in [2.45, 2.75) is 43.0 Å². The number of aromatic nitrogens is 2. The summed E-state index contributed by atoms with van der Waals surface area (Å²) in [6.07, 6.45) is 7.28. The predicted octanol–water partition coefficient (Wildman–Crippen LogP) is 1.88. The smallest absolute Gasteiger partial charge is 0.182 e. The first-order valence-corrected chi connectivity index (χ1v) is 9.15. The van der Waals surface area contributed by atoms with Crippen LogP contribution in [0.25, 0.3) is 0 Å². The molecule has 0 saturated heterocycles. The number of fused-ring (bicyclic) bond motifs is 1. The van der Waals surface area contributed by atoms with E-state index in [-0.39, 0.29) is 0 Å². The average Bonchev–Trinajstić information content (AvgIpc) is 3.03. The fourth-order valence-electron chi connectivity index (χ4n) is 3.57. The van der Waals surface area contributed by atoms with Crippen LogP contribution in [0.2, 0.25) is 0 Å². The lowest BCUT2D eigenvalue weighted by Gasteiger charge is -2.30. The summed E-state index contributed by atoms with van der Waals surface area (Å²) >= 11 is 0. The van der Waals surface area contributed by atoms with E-state index in [2.05, 4.69) is 15.7 Å². The minimum absolute atomic E-state index is 0.308. The summed E-state index contributed by atoms with van der Waals surface area (Å²) in [5.41, 5.74) is 0. The molecule has 2 N–H and O–H groups in total. The van der Waals surface area contributed by atoms with Gasteiger partial charge in [-0.25, -0.2) is 13.1 Å². The van der Waals surface area contributed by atoms with Gasteiger partial charge in [0.1, 0.15) is 5.82 Å². The number of anilines is 2. The van der Waals surface area contributed by atoms with Crippen LogP contribution >= 0.6 is 0 Å². The number of nitrogens with one attached hydrogen (secondary N) is 2. The summed E-state index contributed by atoms with van der Waals surface area (Å²) < 4.78 is 26.0. The van der Waals surface area contributed by atoms with Gasteiger partial charge in [0.15, 0.2) is 20.6 Å². The zero-order chi connectivity index (χ0) is 14.3. The molecule has 2 heterocycles. The molecule has 112 valence electrons. The van der Waals surface area contributed by atoms with E-state index in [0.29, 0.717) is 28.5 Å². The molecule has 0 radical (unpaired) electrons. The fraction of sp³-hybridized carbons (Fsp3) is 0.769. The van der Waals surface area contributed by atoms with Crippen LogP contribution in [0.1, 0.15) is 38.1 Å². The molecule has 3 rings (SSSR count). The molecule has 7 heteroatoms. The van der Waals surface area contributed by atoms with Gasteiger partial charge in [-0.15, -0.1) is 0 Å². The summed E-state index contributed by atoms with van der Waals surface area (Å²) in [4.78, 5) is 0.308. The van der Waals surface area contributed by atoms with Gasteiger partial charge in [0.25, 0.3) is 0 Å². The molecule has 1 aliphatic carbocycles. The zero-order valence-corrected chi connectivity index (χ0v) is 12.8. The Hall–Kier alpha value is -1.24. The Balaban J connectivity index is 2.08. The summed E-state index contributed by atoms with van der Waals surface area (Å²) in [6, 6.07) is 0.330. The number of rotatable bonds is 3. The van der Waals surface area contributed by atoms with E-state index in [4.69, 9.17) is 0 Å². The molecule has 0 spiro atoms. The van der Waals surface area contributed by atoms with Crippen molar-refractivity contribution in [1.29, 1.82) is 0 Å². The van der Waals surface area contributed by atoms with Gasteiger partial charge < -0.3 is 10.6 Å². The third-order valence-electron chi connectivity index (χ3n) is 4.47. The predicted molar refractivity (Wildman–Crippen MR) is 79.0 cm³/mol. The van der Waals surface area contributed by atoms with Crippen LogP contribution in [-0.2, 0) is 9.84 Å². The monoisotopic (exact) mass is 298 g/mol. The Kier molecular flexibility index (Phi) is 3.40. The third-order valence-corrected chi connectivity index (χ3v) is 5.59. The Morgan fingerprint density at radius 1 is 1.30 bits per heavy atom. The normalized spacial score (nSPS) is 23.4. The van der Waals surface area contributed by atoms with Gasteiger partial charge in [-0.2, -0.15) is 5.10 Å². The topological polar surface area (TPSA) is 76.0 Å². The Morgan fingerprint density at radius 3 is 2.60 bits per heavy atom. The maximum Gasteiger partial charge on any atom is 0.182 e. The van der Waals surface area contributed by atoms with Gasteiger partial charge in [0.05, 0.1) is 6.04 Å². The lowest BCUT2D eigenvalue weighted by Crippen LogP contribution is -2.28. The van der Waals surface area contributed by atoms with Gasteiger partial charge in [-0.3, -0.25) is 0 Å². The van der Waals surface area contributed by atoms with Crippen molar-refractivity contribution in [3.05, 3.63) is 0 Å². The molecule has 1 aliphatic heterocycles. The molecular formula is C13H22N4O2S. The van der Waals surface area contributed by atoms with Gasteiger partial charge >= 0.3 is 0 Å². The fourth-order valence-corrected chi connectivity index (χ4v) is 4.58. The number of sulfone groups is 1. The summed E-state index contributed by atoms with van der Waals surface area (Å²) in [7, 11) is -1.58. The molecule has 0 aromatic carbocycles. The van der Waals surface area contributed by atoms with Crippen molar-refractivity contribution in [3.63, 3.8) is 0 Å². The highest BCUT2D eigenvalue weighted by atomic mass is 32.2. The highest BCUT2D eigenvalue weighted by Crippen LogP contribution is 2.42. The maximum absolute atomic E-state index is 12.0. The van der Waals surface area contributed by atoms with Crippen molar-refractivity contribution in [2.75, 3.05) is 30.5 Å². The van der Waals surface area contributed by atoms with Crippen molar-refractivity contribution in [2.24, 2.45) is 5.92 Å². The highest BCUT2D eigenvalue weighted by Gasteiger charge is 2.35. The van der Waals surface area contributed by atoms with Crippen LogP contribution in [0.3, 0.4) is 0 Å². The van der Waals surface area contributed by atoms with Gasteiger partial charge in [0.2, 0.25) is 0 Å². The summed E-state index contributed by atoms with van der Waals surface area (Å²) in [5.74, 6) is 1.76. The summed E-state index contributed by atoms with van der Waals surface area (Å²) in [6.45, 7) is 0.818. The summed E-state index contributed by atoms with van der Waals surface area (Å²) in [5, 5.41) is 10.7. The van der Waals surface area contributed by atoms with Crippen LogP contribution in [0.15, 0.2) is 4.90 Å². The van der Waals surface area contributed by atoms with Gasteiger partial charge in [-0.1, -0.05) is 12.8 Å². The van der Waals surface area contributed by atoms with Crippen molar-refractivity contribution >= 4 is 21.5 Å². The van der Waals surface area contributed by atoms with E-state index in [9.17, 15) is 8.42 Å². The van der Waals surface area contributed by atoms with Crippen LogP contribution in [0, 0.1) is 5.92 Å². The standard InChI is InChI=1S/C13H22N4O2S/c1-14-12-11(20(2,18)19)13-15-8-7-10(17(13)16-12)9-5-3-4-6-9/h9-10,15H,3-8H2,1-2H3,(H,14,16). The maximum atomic E-state index is 12.0. The van der Waals surface area contributed by atoms with Crippen LogP contribution in [0.5, 0.6) is 0 Å². The largest absolute Gasteiger partial charge is 0.371 e. The molecule has 1 unspecified atom stereocenters. The molecule has 1 aromatic rings. The van der Waals surface area contributed by atoms with E-state index in [1.165, 1.54) is 31.9 Å². The van der Waals surface area contributed by atoms with Gasteiger partial charge in [0, 0.05) is 19.8 Å². The zero-order valence-electron chi connectivity index (χ0n) is 12.0. The molecule has 1 atom stereocenters. The third kappa shape index (κ3) is 2.17. The van der Waals surface area contributed by atoms with E-state index < -0.39 is 9.84 Å². The first kappa shape index (κ1) is 13.7. The van der Waals surface area contributed by atoms with Crippen molar-refractivity contribution < 1.29 is 8.42 Å². The van der Waals surface area contributed by atoms with E-state index in [1.807, 2.05) is 4.68 Å². The average molecular weight is 298 g/mol. The minimum atomic E-state index is -3.30. The molecule has 20 heavy (non-hydrogen) atoms. The van der Waals surface area contributed by atoms with Gasteiger partial charge in [-0.05, 0) is 25.2 Å². The van der Waals surface area contributed by atoms with E-state index in [1.54, 1.807) is 7.05 Å². The molecule has 1 fully saturated rings. The van der Waals surface area contributed by atoms with Crippen LogP contribution in [0.4, 0.5) is 11.6 Å². The van der Waals surface area contributed by atoms with Crippen LogP contribution < -0.4 is 10.6 Å². The lowest BCUT2D eigenvalue weighted by atomic mass is 9.94. The molecule has 6 nitrogen and oxygen atoms in total. The van der Waals surface area contributed by atoms with Crippen LogP contribution in [-0.4, -0.2) is 38.0 Å². The van der Waals surface area contributed by atoms with E-state index in [0.717, 1.165) is 13.0 Å². The quantitative estimate of drug-likeness (QED) is 0.891. The number of hydrogen-bond donors (Lipinski definition) is 2. The minimum Gasteiger partial charge on any atom is -0.371 e. The molecule has 0 amide bonds. The lowest BCUT2D eigenvalue weighted by molar-refractivity contribution is 0.290. The van der Waals surface area contributed by atoms with Crippen molar-refractivity contribution in [3.8, 4) is 0 Å². The number of nitrogens with zero attached hydrogens (tertiary/aromatic N) is 2. The Bertz CT molecular complexity index is 602. The van der Waals surface area contributed by atoms with Crippen molar-refractivity contribution in [1.82, 2.24) is 9.78 Å². The molecule has 2 aliphatic rings. The second-order valence-corrected chi connectivity index (χ2v) is 7.77. The first-order valence-electron chi connectivity index (χ1n) is 7.26. The number of hydrogen-bond acceptors (Lipinski definition) is 5. The molecule has 0 bridgehead atoms. The first-order chi connectivity index (χ1) is 9.52. The second-order valence-electron chi connectivity index (χ2n) is 5.82. The van der Waals surface area contributed by atoms with E-state index >= 15 is 0 Å². The molecule has 1 aromatic heterocycles. The SMILES string of the molecule is CNc1nn2c(c1S(C)(=O)=O)NCCC2C1CCCC1. The highest BCUT2D eigenvalue weighted by molar-refractivity contribution is 7.91. The Labute approximate surface area is 119 Å². The second kappa shape index (κ2) is 4.95. The molecular weight excluding hydrogens is 276 g/mol.